The fourth-order valence-electron chi connectivity index (χ4n) is 1.98. The Balaban J connectivity index is 2.26. The van der Waals surface area contributed by atoms with Crippen LogP contribution in [0.4, 0.5) is 5.69 Å². The van der Waals surface area contributed by atoms with Crippen LogP contribution in [-0.2, 0) is 0 Å². The summed E-state index contributed by atoms with van der Waals surface area (Å²) in [4.78, 5) is 0. The van der Waals surface area contributed by atoms with Crippen molar-refractivity contribution < 1.29 is 0 Å². The molecule has 1 aromatic carbocycles. The van der Waals surface area contributed by atoms with Crippen LogP contribution in [0, 0.1) is 0 Å². The molecule has 0 radical (unpaired) electrons. The summed E-state index contributed by atoms with van der Waals surface area (Å²) in [5.41, 5.74) is 2.52. The summed E-state index contributed by atoms with van der Waals surface area (Å²) in [6.07, 6.45) is 6.51. The van der Waals surface area contributed by atoms with E-state index in [1.165, 1.54) is 11.3 Å². The van der Waals surface area contributed by atoms with Crippen molar-refractivity contribution >= 4 is 11.9 Å². The van der Waals surface area contributed by atoms with Crippen LogP contribution in [0.15, 0.2) is 47.1 Å². The average molecular weight is 214 g/mol. The fourth-order valence-corrected chi connectivity index (χ4v) is 1.98. The highest BCUT2D eigenvalue weighted by atomic mass is 15.5. The van der Waals surface area contributed by atoms with Crippen molar-refractivity contribution in [3.8, 4) is 0 Å². The Kier molecular flexibility index (Phi) is 3.40. The number of benzene rings is 1. The van der Waals surface area contributed by atoms with E-state index in [4.69, 9.17) is 0 Å². The number of rotatable bonds is 2. The third-order valence-corrected chi connectivity index (χ3v) is 2.66. The van der Waals surface area contributed by atoms with Gasteiger partial charge in [0.15, 0.2) is 0 Å². The molecule has 0 saturated heterocycles. The first-order valence-corrected chi connectivity index (χ1v) is 5.79. The molecular formula is C14H18N2. The van der Waals surface area contributed by atoms with Gasteiger partial charge in [0, 0.05) is 6.21 Å². The molecule has 2 heteroatoms. The summed E-state index contributed by atoms with van der Waals surface area (Å²) in [6.45, 7) is 4.28. The summed E-state index contributed by atoms with van der Waals surface area (Å²) in [7, 11) is 0. The van der Waals surface area contributed by atoms with Gasteiger partial charge in [-0.15, -0.1) is 0 Å². The first kappa shape index (κ1) is 10.9. The van der Waals surface area contributed by atoms with Crippen LogP contribution in [0.2, 0.25) is 0 Å². The van der Waals surface area contributed by atoms with Gasteiger partial charge in [0.1, 0.15) is 0 Å². The highest BCUT2D eigenvalue weighted by Crippen LogP contribution is 2.23. The largest absolute Gasteiger partial charge is 0.259 e. The van der Waals surface area contributed by atoms with Gasteiger partial charge in [-0.3, -0.25) is 5.01 Å². The zero-order valence-electron chi connectivity index (χ0n) is 9.93. The lowest BCUT2D eigenvalue weighted by atomic mass is 10.1. The molecular weight excluding hydrogens is 196 g/mol. The predicted octanol–water partition coefficient (Wildman–Crippen LogP) is 3.61. The monoisotopic (exact) mass is 214 g/mol. The van der Waals surface area contributed by atoms with Gasteiger partial charge >= 0.3 is 0 Å². The molecule has 1 atom stereocenters. The van der Waals surface area contributed by atoms with E-state index in [9.17, 15) is 0 Å². The molecule has 16 heavy (non-hydrogen) atoms. The molecule has 0 aromatic heterocycles. The van der Waals surface area contributed by atoms with E-state index < -0.39 is 0 Å². The number of anilines is 1. The fraction of sp³-hybridized carbons (Fsp3) is 0.357. The molecule has 0 saturated carbocycles. The summed E-state index contributed by atoms with van der Waals surface area (Å²) in [6, 6.07) is 10.8. The zero-order chi connectivity index (χ0) is 11.4. The van der Waals surface area contributed by atoms with Crippen molar-refractivity contribution in [2.24, 2.45) is 5.10 Å². The Labute approximate surface area is 97.3 Å². The van der Waals surface area contributed by atoms with Gasteiger partial charge in [0.2, 0.25) is 0 Å². The van der Waals surface area contributed by atoms with Crippen molar-refractivity contribution in [2.45, 2.75) is 32.7 Å². The second-order valence-electron chi connectivity index (χ2n) is 4.37. The van der Waals surface area contributed by atoms with Crippen LogP contribution in [0.5, 0.6) is 0 Å². The molecule has 1 unspecified atom stereocenters. The maximum absolute atomic E-state index is 4.50. The van der Waals surface area contributed by atoms with E-state index in [0.717, 1.165) is 12.8 Å². The van der Waals surface area contributed by atoms with Crippen molar-refractivity contribution in [1.82, 2.24) is 0 Å². The maximum Gasteiger partial charge on any atom is 0.0712 e. The summed E-state index contributed by atoms with van der Waals surface area (Å²) >= 11 is 0. The number of hydrogen-bond acceptors (Lipinski definition) is 2. The van der Waals surface area contributed by atoms with Crippen LogP contribution in [0.1, 0.15) is 26.7 Å². The number of para-hydroxylation sites is 1. The van der Waals surface area contributed by atoms with E-state index >= 15 is 0 Å². The molecule has 2 rings (SSSR count). The van der Waals surface area contributed by atoms with Crippen LogP contribution >= 0.6 is 0 Å². The number of nitrogens with zero attached hydrogens (tertiary/aromatic N) is 2. The van der Waals surface area contributed by atoms with Crippen LogP contribution in [-0.4, -0.2) is 12.3 Å². The quantitative estimate of drug-likeness (QED) is 0.687. The lowest BCUT2D eigenvalue weighted by Gasteiger charge is -2.30. The van der Waals surface area contributed by atoms with Gasteiger partial charge < -0.3 is 0 Å². The molecule has 0 bridgehead atoms. The first-order chi connectivity index (χ1) is 7.77. The minimum atomic E-state index is 0.400. The van der Waals surface area contributed by atoms with E-state index in [2.05, 4.69) is 54.3 Å². The number of hydrogen-bond donors (Lipinski definition) is 0. The topological polar surface area (TPSA) is 15.6 Å². The van der Waals surface area contributed by atoms with E-state index in [-0.39, 0.29) is 0 Å². The van der Waals surface area contributed by atoms with Crippen LogP contribution < -0.4 is 5.01 Å². The molecule has 2 nitrogen and oxygen atoms in total. The minimum absolute atomic E-state index is 0.400. The van der Waals surface area contributed by atoms with Crippen LogP contribution in [0.3, 0.4) is 0 Å². The molecule has 1 aliphatic heterocycles. The normalized spacial score (nSPS) is 19.6. The molecule has 0 N–H and O–H groups in total. The van der Waals surface area contributed by atoms with Gasteiger partial charge in [-0.05, 0) is 38.8 Å². The maximum atomic E-state index is 4.50. The van der Waals surface area contributed by atoms with Crippen molar-refractivity contribution in [3.05, 3.63) is 42.0 Å². The number of allylic oxidation sites excluding steroid dienone is 1. The van der Waals surface area contributed by atoms with E-state index in [0.29, 0.717) is 6.04 Å². The molecule has 84 valence electrons. The third kappa shape index (κ3) is 2.51. The second-order valence-corrected chi connectivity index (χ2v) is 4.37. The van der Waals surface area contributed by atoms with Gasteiger partial charge in [-0.25, -0.2) is 0 Å². The highest BCUT2D eigenvalue weighted by molar-refractivity contribution is 5.63. The van der Waals surface area contributed by atoms with Gasteiger partial charge in [0.25, 0.3) is 0 Å². The Bertz CT molecular complexity index is 388. The Hall–Kier alpha value is -1.57. The minimum Gasteiger partial charge on any atom is -0.259 e. The van der Waals surface area contributed by atoms with E-state index in [1.54, 1.807) is 0 Å². The van der Waals surface area contributed by atoms with Crippen LogP contribution in [0.25, 0.3) is 0 Å². The predicted molar refractivity (Wildman–Crippen MR) is 69.9 cm³/mol. The summed E-state index contributed by atoms with van der Waals surface area (Å²) in [5, 5.41) is 6.61. The molecule has 1 aromatic rings. The molecule has 1 heterocycles. The summed E-state index contributed by atoms with van der Waals surface area (Å²) < 4.78 is 0. The SMILES string of the molecule is CC(C)=CC1CCC=NN1c1ccccc1. The zero-order valence-corrected chi connectivity index (χ0v) is 9.93. The first-order valence-electron chi connectivity index (χ1n) is 5.79. The van der Waals surface area contributed by atoms with Gasteiger partial charge in [-0.1, -0.05) is 29.8 Å². The standard InChI is InChI=1S/C14H18N2/c1-12(2)11-14-9-6-10-15-16(14)13-7-4-3-5-8-13/h3-5,7-8,10-11,14H,6,9H2,1-2H3. The van der Waals surface area contributed by atoms with Gasteiger partial charge in [0.05, 0.1) is 11.7 Å². The van der Waals surface area contributed by atoms with Gasteiger partial charge in [-0.2, -0.15) is 5.10 Å². The second kappa shape index (κ2) is 4.97. The molecule has 0 fully saturated rings. The number of hydrazone groups is 1. The third-order valence-electron chi connectivity index (χ3n) is 2.66. The van der Waals surface area contributed by atoms with Crippen molar-refractivity contribution in [2.75, 3.05) is 5.01 Å². The highest BCUT2D eigenvalue weighted by Gasteiger charge is 2.18. The average Bonchev–Trinajstić information content (AvgIpc) is 2.30. The Morgan fingerprint density at radius 1 is 1.31 bits per heavy atom. The Morgan fingerprint density at radius 2 is 2.06 bits per heavy atom. The molecule has 0 spiro atoms. The lowest BCUT2D eigenvalue weighted by molar-refractivity contribution is 0.643. The van der Waals surface area contributed by atoms with Crippen molar-refractivity contribution in [1.29, 1.82) is 0 Å². The summed E-state index contributed by atoms with van der Waals surface area (Å²) in [5.74, 6) is 0. The smallest absolute Gasteiger partial charge is 0.0712 e. The van der Waals surface area contributed by atoms with E-state index in [1.807, 2.05) is 12.3 Å². The molecule has 1 aliphatic rings. The van der Waals surface area contributed by atoms with Crippen molar-refractivity contribution in [3.63, 3.8) is 0 Å². The Morgan fingerprint density at radius 3 is 2.75 bits per heavy atom. The molecule has 0 aliphatic carbocycles. The lowest BCUT2D eigenvalue weighted by Crippen LogP contribution is -2.32. The molecule has 0 amide bonds.